The van der Waals surface area contributed by atoms with Crippen LogP contribution in [0.2, 0.25) is 0 Å². The molecule has 0 N–H and O–H groups in total. The molecular formula is C36H31F. The summed E-state index contributed by atoms with van der Waals surface area (Å²) in [5.74, 6) is 6.15. The van der Waals surface area contributed by atoms with E-state index in [1.165, 1.54) is 45.2 Å². The van der Waals surface area contributed by atoms with Gasteiger partial charge in [-0.3, -0.25) is 0 Å². The van der Waals surface area contributed by atoms with Crippen molar-refractivity contribution in [1.82, 2.24) is 0 Å². The van der Waals surface area contributed by atoms with Gasteiger partial charge in [-0.2, -0.15) is 0 Å². The number of benzene rings is 5. The second-order valence-electron chi connectivity index (χ2n) is 9.76. The normalized spacial score (nSPS) is 10.8. The Labute approximate surface area is 219 Å². The third kappa shape index (κ3) is 6.16. The minimum Gasteiger partial charge on any atom is -0.207 e. The Balaban J connectivity index is 1.30. The third-order valence-electron chi connectivity index (χ3n) is 6.88. The molecule has 0 amide bonds. The highest BCUT2D eigenvalue weighted by Crippen LogP contribution is 2.26. The van der Waals surface area contributed by atoms with Crippen LogP contribution in [0.1, 0.15) is 46.7 Å². The van der Waals surface area contributed by atoms with E-state index in [9.17, 15) is 4.39 Å². The number of hydrogen-bond acceptors (Lipinski definition) is 0. The zero-order valence-electron chi connectivity index (χ0n) is 21.5. The highest BCUT2D eigenvalue weighted by Gasteiger charge is 2.04. The van der Waals surface area contributed by atoms with Crippen molar-refractivity contribution >= 4 is 10.8 Å². The molecule has 0 bridgehead atoms. The van der Waals surface area contributed by atoms with E-state index < -0.39 is 0 Å². The largest absolute Gasteiger partial charge is 0.207 e. The number of hydrogen-bond donors (Lipinski definition) is 0. The molecule has 0 saturated heterocycles. The summed E-state index contributed by atoms with van der Waals surface area (Å²) in [6, 6.07) is 35.5. The van der Waals surface area contributed by atoms with Crippen molar-refractivity contribution in [2.24, 2.45) is 0 Å². The average molecular weight is 483 g/mol. The van der Waals surface area contributed by atoms with Crippen molar-refractivity contribution in [3.05, 3.63) is 142 Å². The lowest BCUT2D eigenvalue weighted by Gasteiger charge is -2.08. The second kappa shape index (κ2) is 11.3. The molecule has 0 aliphatic heterocycles. The maximum atomic E-state index is 13.7. The molecule has 0 spiro atoms. The molecule has 5 aromatic rings. The zero-order valence-corrected chi connectivity index (χ0v) is 21.5. The minimum absolute atomic E-state index is 0.241. The van der Waals surface area contributed by atoms with Gasteiger partial charge in [0, 0.05) is 11.1 Å². The van der Waals surface area contributed by atoms with E-state index in [2.05, 4.69) is 98.5 Å². The first-order chi connectivity index (χ1) is 18.1. The molecule has 0 aromatic heterocycles. The van der Waals surface area contributed by atoms with Gasteiger partial charge in [-0.05, 0) is 95.1 Å². The summed E-state index contributed by atoms with van der Waals surface area (Å²) in [4.78, 5) is 0. The molecule has 0 unspecified atom stereocenters. The minimum atomic E-state index is -0.241. The SMILES string of the molecule is CCCc1ccc(F)cc1C#Cc1ccc(-c2ccc3cc(CCc4ccc(C)cc4)ccc3c2)cc1. The first-order valence-electron chi connectivity index (χ1n) is 13.1. The number of fused-ring (bicyclic) bond motifs is 1. The first-order valence-corrected chi connectivity index (χ1v) is 13.1. The standard InChI is InChI=1S/C36H31F/c1-3-4-30-21-22-36(37)25-35(30)17-13-28-11-15-31(16-12-28)33-20-19-32-23-29(14-18-34(32)24-33)10-9-27-7-5-26(2)6-8-27/h5-8,11-12,14-16,18-25H,3-4,9-10H2,1-2H3. The molecule has 5 aromatic carbocycles. The van der Waals surface area contributed by atoms with Gasteiger partial charge in [0.2, 0.25) is 0 Å². The van der Waals surface area contributed by atoms with Crippen LogP contribution in [0, 0.1) is 24.6 Å². The van der Waals surface area contributed by atoms with Gasteiger partial charge in [-0.25, -0.2) is 4.39 Å². The molecule has 5 rings (SSSR count). The van der Waals surface area contributed by atoms with Gasteiger partial charge in [0.15, 0.2) is 0 Å². The van der Waals surface area contributed by atoms with Crippen LogP contribution >= 0.6 is 0 Å². The lowest BCUT2D eigenvalue weighted by atomic mass is 9.97. The predicted molar refractivity (Wildman–Crippen MR) is 154 cm³/mol. The second-order valence-corrected chi connectivity index (χ2v) is 9.76. The Hall–Kier alpha value is -4.15. The molecule has 0 aliphatic rings. The maximum Gasteiger partial charge on any atom is 0.124 e. The van der Waals surface area contributed by atoms with Crippen LogP contribution < -0.4 is 0 Å². The molecule has 0 aliphatic carbocycles. The van der Waals surface area contributed by atoms with Crippen LogP contribution in [0.15, 0.2) is 103 Å². The Morgan fingerprint density at radius 2 is 1.27 bits per heavy atom. The van der Waals surface area contributed by atoms with Crippen LogP contribution in [-0.4, -0.2) is 0 Å². The molecule has 0 nitrogen and oxygen atoms in total. The fourth-order valence-electron chi connectivity index (χ4n) is 4.71. The van der Waals surface area contributed by atoms with E-state index in [4.69, 9.17) is 0 Å². The number of aryl methyl sites for hydroxylation is 4. The molecule has 0 fully saturated rings. The molecule has 0 radical (unpaired) electrons. The van der Waals surface area contributed by atoms with E-state index in [1.54, 1.807) is 0 Å². The summed E-state index contributed by atoms with van der Waals surface area (Å²) in [6.45, 7) is 4.25. The van der Waals surface area contributed by atoms with E-state index in [-0.39, 0.29) is 5.82 Å². The Kier molecular flexibility index (Phi) is 7.48. The topological polar surface area (TPSA) is 0 Å². The molecule has 182 valence electrons. The number of rotatable bonds is 6. The van der Waals surface area contributed by atoms with E-state index in [0.717, 1.165) is 47.9 Å². The summed E-state index contributed by atoms with van der Waals surface area (Å²) >= 11 is 0. The molecule has 0 atom stereocenters. The van der Waals surface area contributed by atoms with Crippen LogP contribution in [0.5, 0.6) is 0 Å². The fraction of sp³-hybridized carbons (Fsp3) is 0.167. The van der Waals surface area contributed by atoms with Crippen molar-refractivity contribution < 1.29 is 4.39 Å². The lowest BCUT2D eigenvalue weighted by Crippen LogP contribution is -1.91. The lowest BCUT2D eigenvalue weighted by molar-refractivity contribution is 0.626. The van der Waals surface area contributed by atoms with Crippen LogP contribution in [-0.2, 0) is 19.3 Å². The van der Waals surface area contributed by atoms with Crippen LogP contribution in [0.3, 0.4) is 0 Å². The van der Waals surface area contributed by atoms with E-state index >= 15 is 0 Å². The summed E-state index contributed by atoms with van der Waals surface area (Å²) in [7, 11) is 0. The van der Waals surface area contributed by atoms with Crippen molar-refractivity contribution in [2.45, 2.75) is 39.5 Å². The van der Waals surface area contributed by atoms with Crippen molar-refractivity contribution in [2.75, 3.05) is 0 Å². The highest BCUT2D eigenvalue weighted by atomic mass is 19.1. The van der Waals surface area contributed by atoms with Gasteiger partial charge in [0.05, 0.1) is 0 Å². The third-order valence-corrected chi connectivity index (χ3v) is 6.88. The Bertz CT molecular complexity index is 1580. The molecule has 1 heteroatoms. The van der Waals surface area contributed by atoms with Gasteiger partial charge < -0.3 is 0 Å². The van der Waals surface area contributed by atoms with Crippen molar-refractivity contribution in [3.63, 3.8) is 0 Å². The maximum absolute atomic E-state index is 13.7. The van der Waals surface area contributed by atoms with Gasteiger partial charge in [0.25, 0.3) is 0 Å². The van der Waals surface area contributed by atoms with Gasteiger partial charge in [0.1, 0.15) is 5.82 Å². The highest BCUT2D eigenvalue weighted by molar-refractivity contribution is 5.88. The Morgan fingerprint density at radius 3 is 2.05 bits per heavy atom. The van der Waals surface area contributed by atoms with Gasteiger partial charge >= 0.3 is 0 Å². The van der Waals surface area contributed by atoms with Gasteiger partial charge in [-0.1, -0.05) is 104 Å². The fourth-order valence-corrected chi connectivity index (χ4v) is 4.71. The molecular weight excluding hydrogens is 451 g/mol. The summed E-state index contributed by atoms with van der Waals surface area (Å²) < 4.78 is 13.7. The number of halogens is 1. The van der Waals surface area contributed by atoms with Gasteiger partial charge in [-0.15, -0.1) is 0 Å². The summed E-state index contributed by atoms with van der Waals surface area (Å²) in [5.41, 5.74) is 9.20. The zero-order chi connectivity index (χ0) is 25.6. The monoisotopic (exact) mass is 482 g/mol. The summed E-state index contributed by atoms with van der Waals surface area (Å²) in [5, 5.41) is 2.51. The molecule has 0 heterocycles. The van der Waals surface area contributed by atoms with Crippen LogP contribution in [0.25, 0.3) is 21.9 Å². The first kappa shape index (κ1) is 24.5. The average Bonchev–Trinajstić information content (AvgIpc) is 2.93. The van der Waals surface area contributed by atoms with E-state index in [0.29, 0.717) is 0 Å². The predicted octanol–water partition coefficient (Wildman–Crippen LogP) is 9.09. The summed E-state index contributed by atoms with van der Waals surface area (Å²) in [6.07, 6.45) is 4.01. The van der Waals surface area contributed by atoms with Crippen LogP contribution in [0.4, 0.5) is 4.39 Å². The Morgan fingerprint density at radius 1 is 0.595 bits per heavy atom. The smallest absolute Gasteiger partial charge is 0.124 e. The van der Waals surface area contributed by atoms with Crippen molar-refractivity contribution in [3.8, 4) is 23.0 Å². The quantitative estimate of drug-likeness (QED) is 0.212. The van der Waals surface area contributed by atoms with E-state index in [1.807, 2.05) is 18.2 Å². The molecule has 0 saturated carbocycles. The van der Waals surface area contributed by atoms with Crippen molar-refractivity contribution in [1.29, 1.82) is 0 Å². The molecule has 37 heavy (non-hydrogen) atoms.